The molecule has 1 aromatic carbocycles. The topological polar surface area (TPSA) is 86.3 Å². The van der Waals surface area contributed by atoms with Gasteiger partial charge in [-0.05, 0) is 35.7 Å². The minimum atomic E-state index is -0.654. The Labute approximate surface area is 178 Å². The lowest BCUT2D eigenvalue weighted by Crippen LogP contribution is -2.42. The fourth-order valence-electron chi connectivity index (χ4n) is 4.05. The zero-order chi connectivity index (χ0) is 22.1. The van der Waals surface area contributed by atoms with Crippen molar-refractivity contribution < 1.29 is 18.3 Å². The fraction of sp³-hybridized carbons (Fsp3) is 0.318. The summed E-state index contributed by atoms with van der Waals surface area (Å²) in [6.07, 6.45) is 3.55. The van der Waals surface area contributed by atoms with Gasteiger partial charge in [0.05, 0.1) is 29.8 Å². The molecule has 1 aliphatic rings. The summed E-state index contributed by atoms with van der Waals surface area (Å²) in [7, 11) is 3.43. The molecule has 7 nitrogen and oxygen atoms in total. The standard InChI is InChI=1S/C22H23F2N5O2/c1-28-21(15(9-27-28)12-31-2)20-6-14-11-29(22(30)19(14)10-26-20)18(8-25)5-13-3-16(23)7-17(24)4-13/h3-4,6-7,9-10,18H,5,8,11-12,25H2,1-2H3/t18-/m0/s1. The summed E-state index contributed by atoms with van der Waals surface area (Å²) < 4.78 is 34.1. The zero-order valence-electron chi connectivity index (χ0n) is 17.3. The number of hydrogen-bond acceptors (Lipinski definition) is 5. The lowest BCUT2D eigenvalue weighted by molar-refractivity contribution is 0.0708. The number of methoxy groups -OCH3 is 1. The average Bonchev–Trinajstić information content (AvgIpc) is 3.25. The number of carbonyl (C=O) groups is 1. The molecule has 0 saturated carbocycles. The molecule has 3 aromatic rings. The van der Waals surface area contributed by atoms with Gasteiger partial charge in [0, 0.05) is 51.1 Å². The summed E-state index contributed by atoms with van der Waals surface area (Å²) in [4.78, 5) is 19.1. The molecule has 0 spiro atoms. The second kappa shape index (κ2) is 8.52. The highest BCUT2D eigenvalue weighted by molar-refractivity contribution is 5.98. The fourth-order valence-corrected chi connectivity index (χ4v) is 4.05. The number of ether oxygens (including phenoxy) is 1. The summed E-state index contributed by atoms with van der Waals surface area (Å²) in [6.45, 7) is 0.908. The van der Waals surface area contributed by atoms with Crippen LogP contribution in [0.5, 0.6) is 0 Å². The Bertz CT molecular complexity index is 1110. The van der Waals surface area contributed by atoms with Gasteiger partial charge >= 0.3 is 0 Å². The molecule has 1 aliphatic heterocycles. The molecule has 31 heavy (non-hydrogen) atoms. The lowest BCUT2D eigenvalue weighted by Gasteiger charge is -2.26. The maximum Gasteiger partial charge on any atom is 0.256 e. The summed E-state index contributed by atoms with van der Waals surface area (Å²) >= 11 is 0. The van der Waals surface area contributed by atoms with E-state index in [1.807, 2.05) is 13.1 Å². The number of nitrogens with two attached hydrogens (primary N) is 1. The van der Waals surface area contributed by atoms with Crippen LogP contribution < -0.4 is 5.73 Å². The molecule has 2 N–H and O–H groups in total. The molecule has 9 heteroatoms. The molecule has 0 bridgehead atoms. The number of aromatic nitrogens is 3. The molecule has 0 radical (unpaired) electrons. The third-order valence-corrected chi connectivity index (χ3v) is 5.49. The maximum absolute atomic E-state index is 13.6. The Morgan fingerprint density at radius 2 is 1.94 bits per heavy atom. The van der Waals surface area contributed by atoms with Crippen molar-refractivity contribution in [3.63, 3.8) is 0 Å². The number of nitrogens with zero attached hydrogens (tertiary/aromatic N) is 4. The summed E-state index contributed by atoms with van der Waals surface area (Å²) in [5, 5.41) is 4.28. The van der Waals surface area contributed by atoms with E-state index in [1.165, 1.54) is 12.1 Å². The Morgan fingerprint density at radius 1 is 1.19 bits per heavy atom. The largest absolute Gasteiger partial charge is 0.380 e. The smallest absolute Gasteiger partial charge is 0.256 e. The molecule has 1 amide bonds. The third-order valence-electron chi connectivity index (χ3n) is 5.49. The number of rotatable bonds is 7. The van der Waals surface area contributed by atoms with Crippen LogP contribution in [0.15, 0.2) is 36.7 Å². The van der Waals surface area contributed by atoms with E-state index in [0.29, 0.717) is 30.0 Å². The molecule has 3 heterocycles. The van der Waals surface area contributed by atoms with Gasteiger partial charge in [0.2, 0.25) is 0 Å². The molecule has 162 valence electrons. The maximum atomic E-state index is 13.6. The van der Waals surface area contributed by atoms with Crippen molar-refractivity contribution >= 4 is 5.91 Å². The number of halogens is 2. The van der Waals surface area contributed by atoms with Crippen LogP contribution in [0.3, 0.4) is 0 Å². The Kier molecular flexibility index (Phi) is 5.79. The second-order valence-corrected chi connectivity index (χ2v) is 7.61. The highest BCUT2D eigenvalue weighted by atomic mass is 19.1. The summed E-state index contributed by atoms with van der Waals surface area (Å²) in [5.74, 6) is -1.50. The molecule has 4 rings (SSSR count). The van der Waals surface area contributed by atoms with Crippen LogP contribution in [0, 0.1) is 11.6 Å². The first-order valence-corrected chi connectivity index (χ1v) is 9.86. The Hall–Kier alpha value is -3.17. The van der Waals surface area contributed by atoms with Gasteiger partial charge in [0.1, 0.15) is 11.6 Å². The number of pyridine rings is 1. The minimum Gasteiger partial charge on any atom is -0.380 e. The molecule has 2 aromatic heterocycles. The van der Waals surface area contributed by atoms with Crippen molar-refractivity contribution in [3.8, 4) is 11.4 Å². The first kappa shape index (κ1) is 21.1. The predicted molar refractivity (Wildman–Crippen MR) is 110 cm³/mol. The SMILES string of the molecule is COCc1cnn(C)c1-c1cc2c(cn1)C(=O)N([C@H](CN)Cc1cc(F)cc(F)c1)C2. The monoisotopic (exact) mass is 427 g/mol. The van der Waals surface area contributed by atoms with Gasteiger partial charge < -0.3 is 15.4 Å². The quantitative estimate of drug-likeness (QED) is 0.626. The number of amides is 1. The molecular formula is C22H23F2N5O2. The Morgan fingerprint density at radius 3 is 2.61 bits per heavy atom. The van der Waals surface area contributed by atoms with Crippen LogP contribution >= 0.6 is 0 Å². The van der Waals surface area contributed by atoms with E-state index in [4.69, 9.17) is 10.5 Å². The predicted octanol–water partition coefficient (Wildman–Crippen LogP) is 2.43. The van der Waals surface area contributed by atoms with Crippen LogP contribution in [0.4, 0.5) is 8.78 Å². The van der Waals surface area contributed by atoms with Gasteiger partial charge in [-0.2, -0.15) is 5.10 Å². The van der Waals surface area contributed by atoms with Gasteiger partial charge in [0.15, 0.2) is 0 Å². The molecule has 0 aliphatic carbocycles. The van der Waals surface area contributed by atoms with Crippen molar-refractivity contribution in [1.29, 1.82) is 0 Å². The molecule has 0 fully saturated rings. The number of benzene rings is 1. The third kappa shape index (κ3) is 4.06. The highest BCUT2D eigenvalue weighted by Gasteiger charge is 2.33. The van der Waals surface area contributed by atoms with Crippen molar-refractivity contribution in [2.24, 2.45) is 12.8 Å². The molecular weight excluding hydrogens is 404 g/mol. The van der Waals surface area contributed by atoms with E-state index in [1.54, 1.807) is 29.1 Å². The number of carbonyl (C=O) groups excluding carboxylic acids is 1. The second-order valence-electron chi connectivity index (χ2n) is 7.61. The van der Waals surface area contributed by atoms with E-state index in [9.17, 15) is 13.6 Å². The van der Waals surface area contributed by atoms with E-state index in [-0.39, 0.29) is 18.9 Å². The van der Waals surface area contributed by atoms with Crippen LogP contribution in [-0.4, -0.2) is 45.3 Å². The highest BCUT2D eigenvalue weighted by Crippen LogP contribution is 2.30. The van der Waals surface area contributed by atoms with E-state index >= 15 is 0 Å². The molecule has 0 unspecified atom stereocenters. The number of aryl methyl sites for hydroxylation is 1. The van der Waals surface area contributed by atoms with Crippen LogP contribution in [0.2, 0.25) is 0 Å². The van der Waals surface area contributed by atoms with Crippen molar-refractivity contribution in [2.75, 3.05) is 13.7 Å². The number of hydrogen-bond donors (Lipinski definition) is 1. The van der Waals surface area contributed by atoms with Gasteiger partial charge in [-0.1, -0.05) is 0 Å². The number of fused-ring (bicyclic) bond motifs is 1. The lowest BCUT2D eigenvalue weighted by atomic mass is 10.0. The minimum absolute atomic E-state index is 0.165. The van der Waals surface area contributed by atoms with Crippen LogP contribution in [-0.2, 0) is 31.4 Å². The normalized spacial score (nSPS) is 14.2. The van der Waals surface area contributed by atoms with E-state index in [2.05, 4.69) is 10.1 Å². The summed E-state index contributed by atoms with van der Waals surface area (Å²) in [6, 6.07) is 4.82. The Balaban J connectivity index is 1.61. The van der Waals surface area contributed by atoms with Crippen molar-refractivity contribution in [2.45, 2.75) is 25.6 Å². The van der Waals surface area contributed by atoms with Crippen LogP contribution in [0.1, 0.15) is 27.0 Å². The van der Waals surface area contributed by atoms with Crippen molar-refractivity contribution in [1.82, 2.24) is 19.7 Å². The first-order chi connectivity index (χ1) is 14.9. The van der Waals surface area contributed by atoms with E-state index in [0.717, 1.165) is 22.9 Å². The average molecular weight is 427 g/mol. The first-order valence-electron chi connectivity index (χ1n) is 9.86. The molecule has 1 atom stereocenters. The van der Waals surface area contributed by atoms with Gasteiger partial charge in [-0.3, -0.25) is 14.5 Å². The zero-order valence-corrected chi connectivity index (χ0v) is 17.3. The van der Waals surface area contributed by atoms with E-state index < -0.39 is 17.7 Å². The van der Waals surface area contributed by atoms with Gasteiger partial charge in [-0.15, -0.1) is 0 Å². The van der Waals surface area contributed by atoms with Crippen molar-refractivity contribution in [3.05, 3.63) is 70.5 Å². The summed E-state index contributed by atoms with van der Waals surface area (Å²) in [5.41, 5.74) is 10.1. The van der Waals surface area contributed by atoms with Gasteiger partial charge in [0.25, 0.3) is 5.91 Å². The van der Waals surface area contributed by atoms with Gasteiger partial charge in [-0.25, -0.2) is 8.78 Å². The molecule has 0 saturated heterocycles. The van der Waals surface area contributed by atoms with Crippen LogP contribution in [0.25, 0.3) is 11.4 Å².